The predicted octanol–water partition coefficient (Wildman–Crippen LogP) is 3.44. The molecule has 0 aliphatic carbocycles. The van der Waals surface area contributed by atoms with Crippen LogP contribution >= 0.6 is 15.9 Å². The molecular formula is C11H17BrN2O4SSi. The average molecular weight is 381 g/mol. The second-order valence-corrected chi connectivity index (χ2v) is 14.0. The van der Waals surface area contributed by atoms with E-state index in [2.05, 4.69) is 40.3 Å². The van der Waals surface area contributed by atoms with Gasteiger partial charge in [0.25, 0.3) is 5.69 Å². The molecule has 0 unspecified atom stereocenters. The maximum Gasteiger partial charge on any atom is 0.283 e. The first-order valence-corrected chi connectivity index (χ1v) is 12.1. The quantitative estimate of drug-likeness (QED) is 0.464. The largest absolute Gasteiger partial charge is 0.284 e. The van der Waals surface area contributed by atoms with Crippen LogP contribution in [0.1, 0.15) is 0 Å². The van der Waals surface area contributed by atoms with Gasteiger partial charge in [0.1, 0.15) is 0 Å². The number of sulfonamides is 1. The molecule has 112 valence electrons. The highest BCUT2D eigenvalue weighted by Gasteiger charge is 2.20. The van der Waals surface area contributed by atoms with Crippen LogP contribution in [0.4, 0.5) is 11.4 Å². The molecule has 1 rings (SSSR count). The number of rotatable bonds is 6. The van der Waals surface area contributed by atoms with E-state index in [1.807, 2.05) is 0 Å². The molecule has 9 heteroatoms. The third-order valence-corrected chi connectivity index (χ3v) is 6.57. The predicted molar refractivity (Wildman–Crippen MR) is 86.4 cm³/mol. The van der Waals surface area contributed by atoms with E-state index in [4.69, 9.17) is 0 Å². The molecule has 0 saturated carbocycles. The molecule has 0 fully saturated rings. The fourth-order valence-corrected chi connectivity index (χ4v) is 6.03. The van der Waals surface area contributed by atoms with E-state index in [-0.39, 0.29) is 15.9 Å². The Morgan fingerprint density at radius 2 is 1.95 bits per heavy atom. The van der Waals surface area contributed by atoms with Gasteiger partial charge in [0.15, 0.2) is 0 Å². The molecule has 1 N–H and O–H groups in total. The van der Waals surface area contributed by atoms with Crippen LogP contribution in [-0.4, -0.2) is 27.2 Å². The monoisotopic (exact) mass is 380 g/mol. The summed E-state index contributed by atoms with van der Waals surface area (Å²) in [5.41, 5.74) is 0.216. The summed E-state index contributed by atoms with van der Waals surface area (Å²) in [6.07, 6.45) is 0. The molecule has 0 spiro atoms. The summed E-state index contributed by atoms with van der Waals surface area (Å²) in [6, 6.07) is 4.70. The molecule has 0 heterocycles. The molecule has 0 aromatic heterocycles. The zero-order chi connectivity index (χ0) is 15.6. The summed E-state index contributed by atoms with van der Waals surface area (Å²) in [4.78, 5) is 10.1. The van der Waals surface area contributed by atoms with Gasteiger partial charge in [0, 0.05) is 14.1 Å². The molecule has 0 radical (unpaired) electrons. The Labute approximate surface area is 127 Å². The molecular weight excluding hydrogens is 364 g/mol. The van der Waals surface area contributed by atoms with Crippen molar-refractivity contribution in [3.05, 3.63) is 32.8 Å². The minimum absolute atomic E-state index is 0.0668. The van der Waals surface area contributed by atoms with Crippen molar-refractivity contribution >= 4 is 45.4 Å². The van der Waals surface area contributed by atoms with Crippen LogP contribution in [0.5, 0.6) is 0 Å². The Bertz CT molecular complexity index is 613. The van der Waals surface area contributed by atoms with E-state index in [0.717, 1.165) is 0 Å². The topological polar surface area (TPSA) is 89.3 Å². The Balaban J connectivity index is 2.83. The molecule has 1 aromatic rings. The number of hydrogen-bond donors (Lipinski definition) is 1. The van der Waals surface area contributed by atoms with Crippen molar-refractivity contribution in [1.82, 2.24) is 0 Å². The highest BCUT2D eigenvalue weighted by Crippen LogP contribution is 2.28. The molecule has 20 heavy (non-hydrogen) atoms. The fourth-order valence-electron chi connectivity index (χ4n) is 1.39. The van der Waals surface area contributed by atoms with Gasteiger partial charge >= 0.3 is 0 Å². The molecule has 1 aromatic carbocycles. The molecule has 0 amide bonds. The zero-order valence-electron chi connectivity index (χ0n) is 11.5. The second-order valence-electron chi connectivity index (χ2n) is 5.65. The minimum atomic E-state index is -3.42. The van der Waals surface area contributed by atoms with Gasteiger partial charge in [-0.3, -0.25) is 14.8 Å². The van der Waals surface area contributed by atoms with Crippen LogP contribution in [0.25, 0.3) is 0 Å². The fraction of sp³-hybridized carbons (Fsp3) is 0.455. The maximum absolute atomic E-state index is 11.9. The van der Waals surface area contributed by atoms with Crippen LogP contribution in [0, 0.1) is 10.1 Å². The van der Waals surface area contributed by atoms with Crippen molar-refractivity contribution in [2.24, 2.45) is 0 Å². The number of halogens is 1. The lowest BCUT2D eigenvalue weighted by atomic mass is 10.3. The van der Waals surface area contributed by atoms with Crippen molar-refractivity contribution in [2.45, 2.75) is 25.7 Å². The Morgan fingerprint density at radius 3 is 2.40 bits per heavy atom. The number of benzene rings is 1. The lowest BCUT2D eigenvalue weighted by molar-refractivity contribution is -0.385. The Morgan fingerprint density at radius 1 is 1.35 bits per heavy atom. The van der Waals surface area contributed by atoms with Crippen molar-refractivity contribution in [1.29, 1.82) is 0 Å². The lowest BCUT2D eigenvalue weighted by Crippen LogP contribution is -2.26. The van der Waals surface area contributed by atoms with Gasteiger partial charge in [-0.25, -0.2) is 8.42 Å². The van der Waals surface area contributed by atoms with Gasteiger partial charge in [0.2, 0.25) is 10.0 Å². The highest BCUT2D eigenvalue weighted by atomic mass is 79.9. The molecule has 0 aliphatic heterocycles. The van der Waals surface area contributed by atoms with Crippen molar-refractivity contribution in [3.8, 4) is 0 Å². The minimum Gasteiger partial charge on any atom is -0.284 e. The molecule has 0 aliphatic rings. The van der Waals surface area contributed by atoms with Gasteiger partial charge < -0.3 is 0 Å². The Kier molecular flexibility index (Phi) is 5.33. The molecule has 6 nitrogen and oxygen atoms in total. The summed E-state index contributed by atoms with van der Waals surface area (Å²) in [7, 11) is -4.86. The smallest absolute Gasteiger partial charge is 0.283 e. The third kappa shape index (κ3) is 5.59. The lowest BCUT2D eigenvalue weighted by Gasteiger charge is -2.16. The third-order valence-electron chi connectivity index (χ3n) is 2.54. The number of hydrogen-bond acceptors (Lipinski definition) is 4. The maximum atomic E-state index is 11.9. The first kappa shape index (κ1) is 17.1. The second kappa shape index (κ2) is 6.23. The van der Waals surface area contributed by atoms with E-state index in [1.54, 1.807) is 0 Å². The van der Waals surface area contributed by atoms with Gasteiger partial charge in [0.05, 0.1) is 20.8 Å². The van der Waals surface area contributed by atoms with Crippen molar-refractivity contribution in [2.75, 3.05) is 10.5 Å². The van der Waals surface area contributed by atoms with Crippen molar-refractivity contribution < 1.29 is 13.3 Å². The van der Waals surface area contributed by atoms with E-state index in [0.29, 0.717) is 11.7 Å². The first-order valence-electron chi connectivity index (χ1n) is 5.95. The highest BCUT2D eigenvalue weighted by molar-refractivity contribution is 9.10. The van der Waals surface area contributed by atoms with Crippen LogP contribution in [-0.2, 0) is 10.0 Å². The summed E-state index contributed by atoms with van der Waals surface area (Å²) in [5.74, 6) is 0.0668. The summed E-state index contributed by atoms with van der Waals surface area (Å²) >= 11 is 3.06. The van der Waals surface area contributed by atoms with Crippen LogP contribution in [0.3, 0.4) is 0 Å². The molecule has 0 saturated heterocycles. The SMILES string of the molecule is C[Si](C)(C)CCS(=O)(=O)Nc1ccc([N+](=O)[O-])c(Br)c1. The van der Waals surface area contributed by atoms with E-state index >= 15 is 0 Å². The summed E-state index contributed by atoms with van der Waals surface area (Å²) in [5, 5.41) is 10.7. The van der Waals surface area contributed by atoms with Crippen molar-refractivity contribution in [3.63, 3.8) is 0 Å². The van der Waals surface area contributed by atoms with Gasteiger partial charge in [-0.05, 0) is 34.1 Å². The van der Waals surface area contributed by atoms with Crippen LogP contribution in [0.2, 0.25) is 25.7 Å². The first-order chi connectivity index (χ1) is 9.00. The summed E-state index contributed by atoms with van der Waals surface area (Å²) in [6.45, 7) is 6.31. The van der Waals surface area contributed by atoms with Crippen LogP contribution < -0.4 is 4.72 Å². The molecule has 0 bridgehead atoms. The van der Waals surface area contributed by atoms with E-state index in [1.165, 1.54) is 18.2 Å². The van der Waals surface area contributed by atoms with E-state index in [9.17, 15) is 18.5 Å². The van der Waals surface area contributed by atoms with Gasteiger partial charge in [-0.2, -0.15) is 0 Å². The molecule has 0 atom stereocenters. The van der Waals surface area contributed by atoms with Crippen LogP contribution in [0.15, 0.2) is 22.7 Å². The van der Waals surface area contributed by atoms with E-state index < -0.39 is 23.0 Å². The number of nitrogens with one attached hydrogen (secondary N) is 1. The zero-order valence-corrected chi connectivity index (χ0v) is 14.9. The Hall–Kier alpha value is -0.933. The summed E-state index contributed by atoms with van der Waals surface area (Å²) < 4.78 is 26.6. The van der Waals surface area contributed by atoms with Gasteiger partial charge in [-0.15, -0.1) is 0 Å². The normalized spacial score (nSPS) is 12.2. The number of anilines is 1. The number of nitrogens with zero attached hydrogens (tertiary/aromatic N) is 1. The number of nitro benzene ring substituents is 1. The standard InChI is InChI=1S/C11H17BrN2O4SSi/c1-20(2,3)7-6-19(17,18)13-9-4-5-11(14(15)16)10(12)8-9/h4-5,8,13H,6-7H2,1-3H3. The van der Waals surface area contributed by atoms with Gasteiger partial charge in [-0.1, -0.05) is 19.6 Å². The number of nitro groups is 1. The average Bonchev–Trinajstić information content (AvgIpc) is 2.24.